The molecular formula is C14H21N3O3S. The highest BCUT2D eigenvalue weighted by Crippen LogP contribution is 2.39. The smallest absolute Gasteiger partial charge is 0.253 e. The molecule has 0 radical (unpaired) electrons. The predicted octanol–water partition coefficient (Wildman–Crippen LogP) is 1.64. The van der Waals surface area contributed by atoms with Crippen molar-refractivity contribution in [1.82, 2.24) is 0 Å². The third-order valence-electron chi connectivity index (χ3n) is 3.63. The zero-order valence-electron chi connectivity index (χ0n) is 12.3. The highest BCUT2D eigenvalue weighted by Gasteiger charge is 2.29. The molecular weight excluding hydrogens is 290 g/mol. The molecule has 1 aliphatic rings. The summed E-state index contributed by atoms with van der Waals surface area (Å²) in [5.74, 6) is -0.653. The number of anilines is 2. The fourth-order valence-electron chi connectivity index (χ4n) is 2.41. The highest BCUT2D eigenvalue weighted by atomic mass is 32.1. The normalized spacial score (nSPS) is 18.8. The Balaban J connectivity index is 2.42. The van der Waals surface area contributed by atoms with Crippen molar-refractivity contribution in [2.45, 2.75) is 32.8 Å². The van der Waals surface area contributed by atoms with Crippen LogP contribution in [0.3, 0.4) is 0 Å². The summed E-state index contributed by atoms with van der Waals surface area (Å²) in [5.41, 5.74) is 11.9. The van der Waals surface area contributed by atoms with Crippen molar-refractivity contribution in [1.29, 1.82) is 0 Å². The van der Waals surface area contributed by atoms with E-state index in [2.05, 4.69) is 6.92 Å². The van der Waals surface area contributed by atoms with Crippen molar-refractivity contribution in [2.75, 3.05) is 30.3 Å². The van der Waals surface area contributed by atoms with E-state index >= 15 is 0 Å². The first-order valence-corrected chi connectivity index (χ1v) is 7.93. The molecule has 4 N–H and O–H groups in total. The van der Waals surface area contributed by atoms with Gasteiger partial charge in [-0.25, -0.2) is 0 Å². The number of carbonyl (C=O) groups excluding carboxylic acids is 2. The van der Waals surface area contributed by atoms with Crippen LogP contribution in [-0.4, -0.2) is 37.5 Å². The van der Waals surface area contributed by atoms with Gasteiger partial charge in [-0.15, -0.1) is 11.3 Å². The van der Waals surface area contributed by atoms with Gasteiger partial charge >= 0.3 is 0 Å². The van der Waals surface area contributed by atoms with Crippen LogP contribution in [0.5, 0.6) is 0 Å². The number of primary amides is 1. The number of nitrogen functional groups attached to an aromatic ring is 1. The molecule has 0 saturated carbocycles. The zero-order chi connectivity index (χ0) is 15.6. The van der Waals surface area contributed by atoms with Crippen LogP contribution in [0.4, 0.5) is 10.7 Å². The van der Waals surface area contributed by atoms with E-state index in [4.69, 9.17) is 16.2 Å². The molecule has 0 aromatic carbocycles. The molecule has 1 aromatic rings. The maximum atomic E-state index is 12.0. The lowest BCUT2D eigenvalue weighted by Crippen LogP contribution is -2.42. The Labute approximate surface area is 128 Å². The van der Waals surface area contributed by atoms with Crippen LogP contribution < -0.4 is 16.4 Å². The van der Waals surface area contributed by atoms with Crippen LogP contribution in [0.25, 0.3) is 0 Å². The number of hydrogen-bond donors (Lipinski definition) is 2. The number of nitrogens with two attached hydrogens (primary N) is 2. The summed E-state index contributed by atoms with van der Waals surface area (Å²) in [6.07, 6.45) is 1.36. The molecule has 0 spiro atoms. The van der Waals surface area contributed by atoms with Crippen LogP contribution in [0.1, 0.15) is 46.7 Å². The molecule has 21 heavy (non-hydrogen) atoms. The fourth-order valence-corrected chi connectivity index (χ4v) is 3.68. The first kappa shape index (κ1) is 15.8. The molecule has 1 fully saturated rings. The topological polar surface area (TPSA) is 98.6 Å². The molecule has 1 aliphatic heterocycles. The summed E-state index contributed by atoms with van der Waals surface area (Å²) >= 11 is 1.26. The van der Waals surface area contributed by atoms with Gasteiger partial charge in [0.15, 0.2) is 5.78 Å². The molecule has 1 saturated heterocycles. The molecule has 0 aliphatic carbocycles. The summed E-state index contributed by atoms with van der Waals surface area (Å²) in [4.78, 5) is 26.2. The number of ketones is 1. The Morgan fingerprint density at radius 1 is 1.43 bits per heavy atom. The molecule has 2 rings (SSSR count). The second-order valence-electron chi connectivity index (χ2n) is 5.01. The van der Waals surface area contributed by atoms with Gasteiger partial charge in [0, 0.05) is 19.5 Å². The van der Waals surface area contributed by atoms with Gasteiger partial charge in [-0.2, -0.15) is 0 Å². The van der Waals surface area contributed by atoms with E-state index in [9.17, 15) is 9.59 Å². The SMILES string of the molecule is CCC(=O)c1sc(N2CCOC(CC)C2)c(C(N)=O)c1N. The molecule has 1 atom stereocenters. The van der Waals surface area contributed by atoms with Gasteiger partial charge in [0.25, 0.3) is 5.91 Å². The van der Waals surface area contributed by atoms with E-state index in [0.717, 1.165) is 6.42 Å². The third kappa shape index (κ3) is 3.03. The monoisotopic (exact) mass is 311 g/mol. The van der Waals surface area contributed by atoms with E-state index < -0.39 is 5.91 Å². The minimum atomic E-state index is -0.589. The Bertz CT molecular complexity index is 556. The first-order chi connectivity index (χ1) is 9.99. The number of amides is 1. The number of thiophene rings is 1. The molecule has 1 aromatic heterocycles. The lowest BCUT2D eigenvalue weighted by atomic mass is 10.1. The Morgan fingerprint density at radius 2 is 2.14 bits per heavy atom. The Hall–Kier alpha value is -1.60. The molecule has 6 nitrogen and oxygen atoms in total. The lowest BCUT2D eigenvalue weighted by molar-refractivity contribution is 0.0386. The van der Waals surface area contributed by atoms with Crippen LogP contribution >= 0.6 is 11.3 Å². The number of hydrogen-bond acceptors (Lipinski definition) is 6. The summed E-state index contributed by atoms with van der Waals surface area (Å²) in [5, 5.41) is 0.693. The summed E-state index contributed by atoms with van der Waals surface area (Å²) < 4.78 is 5.63. The van der Waals surface area contributed by atoms with Crippen molar-refractivity contribution in [3.05, 3.63) is 10.4 Å². The van der Waals surface area contributed by atoms with Gasteiger partial charge in [-0.3, -0.25) is 9.59 Å². The number of ether oxygens (including phenoxy) is 1. The van der Waals surface area contributed by atoms with Gasteiger partial charge in [-0.05, 0) is 6.42 Å². The lowest BCUT2D eigenvalue weighted by Gasteiger charge is -2.33. The second-order valence-corrected chi connectivity index (χ2v) is 6.01. The van der Waals surface area contributed by atoms with Crippen molar-refractivity contribution < 1.29 is 14.3 Å². The average molecular weight is 311 g/mol. The van der Waals surface area contributed by atoms with Crippen LogP contribution in [0.2, 0.25) is 0 Å². The Morgan fingerprint density at radius 3 is 2.71 bits per heavy atom. The second kappa shape index (κ2) is 6.44. The summed E-state index contributed by atoms with van der Waals surface area (Å²) in [6.45, 7) is 5.75. The van der Waals surface area contributed by atoms with Crippen molar-refractivity contribution in [3.63, 3.8) is 0 Å². The van der Waals surface area contributed by atoms with Crippen molar-refractivity contribution in [3.8, 4) is 0 Å². The van der Waals surface area contributed by atoms with Crippen LogP contribution in [0.15, 0.2) is 0 Å². The summed E-state index contributed by atoms with van der Waals surface area (Å²) in [6, 6.07) is 0. The van der Waals surface area contributed by atoms with Gasteiger partial charge in [-0.1, -0.05) is 13.8 Å². The minimum absolute atomic E-state index is 0.0634. The highest BCUT2D eigenvalue weighted by molar-refractivity contribution is 7.19. The van der Waals surface area contributed by atoms with Crippen molar-refractivity contribution in [2.24, 2.45) is 5.73 Å². The minimum Gasteiger partial charge on any atom is -0.397 e. The van der Waals surface area contributed by atoms with Crippen LogP contribution in [-0.2, 0) is 4.74 Å². The van der Waals surface area contributed by atoms with E-state index in [0.29, 0.717) is 36.0 Å². The van der Waals surface area contributed by atoms with E-state index in [1.807, 2.05) is 4.90 Å². The van der Waals surface area contributed by atoms with Gasteiger partial charge in [0.1, 0.15) is 5.00 Å². The van der Waals surface area contributed by atoms with Gasteiger partial charge in [0.05, 0.1) is 28.8 Å². The van der Waals surface area contributed by atoms with E-state index in [-0.39, 0.29) is 23.1 Å². The largest absolute Gasteiger partial charge is 0.397 e. The summed E-state index contributed by atoms with van der Waals surface area (Å²) in [7, 11) is 0. The van der Waals surface area contributed by atoms with Crippen LogP contribution in [0, 0.1) is 0 Å². The number of Topliss-reactive ketones (excluding diaryl/α,β-unsaturated/α-hetero) is 1. The number of rotatable bonds is 5. The third-order valence-corrected chi connectivity index (χ3v) is 4.94. The zero-order valence-corrected chi connectivity index (χ0v) is 13.2. The average Bonchev–Trinajstić information content (AvgIpc) is 2.84. The van der Waals surface area contributed by atoms with Gasteiger partial charge < -0.3 is 21.1 Å². The molecule has 2 heterocycles. The maximum absolute atomic E-state index is 12.0. The van der Waals surface area contributed by atoms with Gasteiger partial charge in [0.2, 0.25) is 0 Å². The predicted molar refractivity (Wildman–Crippen MR) is 84.1 cm³/mol. The molecule has 0 bridgehead atoms. The van der Waals surface area contributed by atoms with Crippen molar-refractivity contribution >= 4 is 33.7 Å². The van der Waals surface area contributed by atoms with E-state index in [1.165, 1.54) is 11.3 Å². The van der Waals surface area contributed by atoms with E-state index in [1.54, 1.807) is 6.92 Å². The molecule has 1 amide bonds. The Kier molecular flexibility index (Phi) is 4.84. The standard InChI is InChI=1S/C14H21N3O3S/c1-3-8-7-17(5-6-20-8)14-10(13(16)19)11(15)12(21-14)9(18)4-2/h8H,3-7,15H2,1-2H3,(H2,16,19). The molecule has 116 valence electrons. The maximum Gasteiger partial charge on any atom is 0.253 e. The molecule has 1 unspecified atom stereocenters. The first-order valence-electron chi connectivity index (χ1n) is 7.11. The number of morpholine rings is 1. The molecule has 7 heteroatoms. The fraction of sp³-hybridized carbons (Fsp3) is 0.571. The number of nitrogens with zero attached hydrogens (tertiary/aromatic N) is 1. The quantitative estimate of drug-likeness (QED) is 0.805. The number of carbonyl (C=O) groups is 2.